The average molecular weight is 1250 g/mol. The largest absolute Gasteiger partial charge is 0.456 e. The molecule has 3 aromatic carbocycles. The van der Waals surface area contributed by atoms with Gasteiger partial charge < -0.3 is 64.2 Å². The first-order valence-corrected chi connectivity index (χ1v) is 30.5. The third-order valence-corrected chi connectivity index (χ3v) is 18.8. The summed E-state index contributed by atoms with van der Waals surface area (Å²) in [5.74, 6) is -7.31. The maximum Gasteiger partial charge on any atom is 0.407 e. The summed E-state index contributed by atoms with van der Waals surface area (Å²) in [5, 5.41) is 51.5. The summed E-state index contributed by atoms with van der Waals surface area (Å²) in [7, 11) is 0. The summed E-state index contributed by atoms with van der Waals surface area (Å²) in [5.41, 5.74) is -8.52. The number of fused-ring (bicyclic) bond motifs is 5. The minimum absolute atomic E-state index is 0.0116. The number of alkyl carbamates (subject to hydrolysis) is 1. The number of carbonyl (C=O) groups is 7. The van der Waals surface area contributed by atoms with Crippen molar-refractivity contribution in [3.05, 3.63) is 151 Å². The van der Waals surface area contributed by atoms with Gasteiger partial charge in [-0.05, 0) is 74.6 Å². The second-order valence-electron chi connectivity index (χ2n) is 24.9. The summed E-state index contributed by atoms with van der Waals surface area (Å²) >= 11 is 0. The number of ketones is 1. The lowest BCUT2D eigenvalue weighted by Crippen LogP contribution is -2.82. The van der Waals surface area contributed by atoms with Gasteiger partial charge in [-0.15, -0.1) is 0 Å². The minimum Gasteiger partial charge on any atom is -0.456 e. The van der Waals surface area contributed by atoms with Crippen LogP contribution >= 0.6 is 0 Å². The molecule has 24 heteroatoms. The van der Waals surface area contributed by atoms with Crippen molar-refractivity contribution in [1.82, 2.24) is 19.8 Å². The Hall–Kier alpha value is -7.87. The van der Waals surface area contributed by atoms with E-state index in [1.54, 1.807) is 85.8 Å². The molecule has 5 aliphatic rings. The van der Waals surface area contributed by atoms with Crippen molar-refractivity contribution in [3.63, 3.8) is 0 Å². The number of aryl methyl sites for hydroxylation is 1. The molecule has 14 atom stereocenters. The Labute approximate surface area is 519 Å². The van der Waals surface area contributed by atoms with Crippen LogP contribution in [0.4, 0.5) is 4.79 Å². The molecule has 1 unspecified atom stereocenters. The van der Waals surface area contributed by atoms with E-state index in [4.69, 9.17) is 33.2 Å². The zero-order chi connectivity index (χ0) is 65.0. The van der Waals surface area contributed by atoms with Crippen molar-refractivity contribution in [3.8, 4) is 0 Å². The summed E-state index contributed by atoms with van der Waals surface area (Å²) in [4.78, 5) is 127. The lowest BCUT2D eigenvalue weighted by atomic mass is 9.44. The number of aliphatic hydroxyl groups excluding tert-OH is 3. The van der Waals surface area contributed by atoms with Crippen molar-refractivity contribution in [1.29, 1.82) is 0 Å². The number of amides is 2. The fourth-order valence-corrected chi connectivity index (χ4v) is 14.0. The third-order valence-electron chi connectivity index (χ3n) is 18.8. The van der Waals surface area contributed by atoms with E-state index < -0.39 is 162 Å². The molecule has 3 heterocycles. The number of hydrogen-bond acceptors (Lipinski definition) is 20. The molecule has 1 aromatic heterocycles. The van der Waals surface area contributed by atoms with Crippen molar-refractivity contribution in [2.75, 3.05) is 19.8 Å². The molecule has 2 saturated heterocycles. The standard InChI is InChI=1S/C66H80N4O20/c1-37-34-70(49-31-44(74)46(35-71)86-49)62(82)69(58(37)78)30-22-11-9-8-10-21-29-67-61(81)88-47-32-48-65(36-84-48,90-40(4)73)54-56(89-59(79)43-27-19-14-20-28-43)66(83)33-45(38(2)50(63(66,5)6)53(85-39(3)72)55(76)64(47,54)7)87-60(80)52(75)51(41-23-15-12-16-24-41)68-57(77)42-25-17-13-18-26-42/h12-20,23-28,34,44-49,51-54,56,71,74-75,83H,8-11,21-22,29-33,35-36H2,1-7H3,(H,67,81)(H,68,77)/t44-,45-,46+,47-,48+,49+,51-,52+,53+,54-,56-,64?,65-,66+/m0/s1. The molecular weight excluding hydrogens is 1170 g/mol. The van der Waals surface area contributed by atoms with Gasteiger partial charge >= 0.3 is 35.7 Å². The van der Waals surface area contributed by atoms with E-state index >= 15 is 4.79 Å². The van der Waals surface area contributed by atoms with E-state index in [1.807, 2.05) is 0 Å². The van der Waals surface area contributed by atoms with Gasteiger partial charge in [0.05, 0.1) is 42.3 Å². The lowest BCUT2D eigenvalue weighted by Gasteiger charge is -2.67. The summed E-state index contributed by atoms with van der Waals surface area (Å²) in [6.07, 6.45) is -9.63. The third kappa shape index (κ3) is 12.9. The van der Waals surface area contributed by atoms with Gasteiger partial charge in [0.1, 0.15) is 42.3 Å². The quantitative estimate of drug-likeness (QED) is 0.0267. The summed E-state index contributed by atoms with van der Waals surface area (Å²) < 4.78 is 45.7. The first kappa shape index (κ1) is 66.5. The number of esters is 4. The monoisotopic (exact) mass is 1250 g/mol. The maximum absolute atomic E-state index is 16.4. The van der Waals surface area contributed by atoms with Crippen LogP contribution in [-0.4, -0.2) is 151 Å². The Balaban J connectivity index is 0.989. The minimum atomic E-state index is -2.52. The molecule has 2 amide bonds. The Bertz CT molecular complexity index is 3480. The van der Waals surface area contributed by atoms with Crippen LogP contribution in [0, 0.1) is 23.7 Å². The first-order chi connectivity index (χ1) is 42.8. The molecular formula is C66H80N4O20. The van der Waals surface area contributed by atoms with Crippen LogP contribution in [0.3, 0.4) is 0 Å². The Morgan fingerprint density at radius 2 is 1.40 bits per heavy atom. The van der Waals surface area contributed by atoms with Gasteiger partial charge in [-0.1, -0.05) is 106 Å². The van der Waals surface area contributed by atoms with Gasteiger partial charge in [0.15, 0.2) is 23.6 Å². The molecule has 6 N–H and O–H groups in total. The number of nitrogens with zero attached hydrogens (tertiary/aromatic N) is 2. The number of rotatable bonds is 22. The van der Waals surface area contributed by atoms with Crippen molar-refractivity contribution < 1.29 is 87.1 Å². The van der Waals surface area contributed by atoms with E-state index in [2.05, 4.69) is 10.6 Å². The number of Topliss-reactive ketones (excluding diaryl/α,β-unsaturated/α-hetero) is 1. The first-order valence-electron chi connectivity index (χ1n) is 30.5. The van der Waals surface area contributed by atoms with Crippen molar-refractivity contribution in [2.24, 2.45) is 16.7 Å². The fraction of sp³-hybridized carbons (Fsp3) is 0.530. The van der Waals surface area contributed by atoms with E-state index in [0.717, 1.165) is 24.8 Å². The highest BCUT2D eigenvalue weighted by Crippen LogP contribution is 2.65. The van der Waals surface area contributed by atoms with Gasteiger partial charge in [0, 0.05) is 68.9 Å². The van der Waals surface area contributed by atoms with Crippen molar-refractivity contribution >= 4 is 41.7 Å². The number of aliphatic hydroxyl groups is 4. The number of nitrogens with one attached hydrogen (secondary N) is 2. The highest BCUT2D eigenvalue weighted by Gasteiger charge is 2.79. The predicted molar refractivity (Wildman–Crippen MR) is 319 cm³/mol. The fourth-order valence-electron chi connectivity index (χ4n) is 14.0. The molecule has 2 bridgehead atoms. The average Bonchev–Trinajstić information content (AvgIpc) is 0.710. The number of hydrogen-bond donors (Lipinski definition) is 6. The molecule has 2 aliphatic heterocycles. The molecule has 2 saturated carbocycles. The van der Waals surface area contributed by atoms with E-state index in [0.29, 0.717) is 43.2 Å². The Kier molecular flexibility index (Phi) is 20.2. The van der Waals surface area contributed by atoms with E-state index in [9.17, 15) is 58.8 Å². The zero-order valence-electron chi connectivity index (χ0n) is 51.5. The van der Waals surface area contributed by atoms with Crippen LogP contribution in [0.25, 0.3) is 0 Å². The summed E-state index contributed by atoms with van der Waals surface area (Å²) in [6, 6.07) is 22.6. The SMILES string of the molecule is CC(=O)O[C@H]1C(=O)C2(C)[C@@H](OC(=O)NCCCCCCCCn3c(=O)c(C)cn([C@H]4C[C@H](O)[C@@H](CO)O4)c3=O)C[C@H]3OC[C@@]3(OC(C)=O)[C@H]2[C@H](OC(=O)c2ccccc2)[C@]2(O)C[C@H](OC(=O)[C@H](O)[C@@H](NC(=O)c3ccccc3)c3ccccc3)C(C)=C1C2(C)C. The van der Waals surface area contributed by atoms with Crippen molar-refractivity contribution in [2.45, 2.75) is 185 Å². The van der Waals surface area contributed by atoms with Crippen LogP contribution < -0.4 is 21.9 Å². The second-order valence-corrected chi connectivity index (χ2v) is 24.9. The van der Waals surface area contributed by atoms with Gasteiger partial charge in [0.2, 0.25) is 0 Å². The molecule has 24 nitrogen and oxygen atoms in total. The highest BCUT2D eigenvalue weighted by molar-refractivity contribution is 5.96. The lowest BCUT2D eigenvalue weighted by molar-refractivity contribution is -0.345. The molecule has 4 aromatic rings. The van der Waals surface area contributed by atoms with E-state index in [-0.39, 0.29) is 48.2 Å². The maximum atomic E-state index is 16.4. The second kappa shape index (κ2) is 27.3. The topological polar surface area (TPSA) is 333 Å². The molecule has 0 spiro atoms. The highest BCUT2D eigenvalue weighted by atomic mass is 16.6. The van der Waals surface area contributed by atoms with Crippen LogP contribution in [0.1, 0.15) is 143 Å². The number of ether oxygens (including phenoxy) is 7. The molecule has 484 valence electrons. The van der Waals surface area contributed by atoms with Gasteiger partial charge in [-0.3, -0.25) is 33.1 Å². The Morgan fingerprint density at radius 3 is 2.00 bits per heavy atom. The van der Waals surface area contributed by atoms with Crippen LogP contribution in [0.5, 0.6) is 0 Å². The number of aromatic nitrogens is 2. The summed E-state index contributed by atoms with van der Waals surface area (Å²) in [6.45, 7) is 9.21. The smallest absolute Gasteiger partial charge is 0.407 e. The van der Waals surface area contributed by atoms with Gasteiger partial charge in [-0.2, -0.15) is 0 Å². The van der Waals surface area contributed by atoms with Gasteiger partial charge in [0.25, 0.3) is 11.5 Å². The van der Waals surface area contributed by atoms with Crippen LogP contribution in [0.15, 0.2) is 118 Å². The molecule has 0 radical (unpaired) electrons. The molecule has 4 fully saturated rings. The zero-order valence-corrected chi connectivity index (χ0v) is 51.5. The number of benzene rings is 3. The molecule has 9 rings (SSSR count). The number of unbranched alkanes of at least 4 members (excludes halogenated alkanes) is 5. The molecule has 90 heavy (non-hydrogen) atoms. The number of carbonyl (C=O) groups excluding carboxylic acids is 7. The predicted octanol–water partition coefficient (Wildman–Crippen LogP) is 4.78. The van der Waals surface area contributed by atoms with Gasteiger partial charge in [-0.25, -0.2) is 19.2 Å². The molecule has 3 aliphatic carbocycles. The van der Waals surface area contributed by atoms with E-state index in [1.165, 1.54) is 50.6 Å². The van der Waals surface area contributed by atoms with Crippen LogP contribution in [-0.2, 0) is 58.9 Å². The van der Waals surface area contributed by atoms with Crippen LogP contribution in [0.2, 0.25) is 0 Å². The Morgan fingerprint density at radius 1 is 0.778 bits per heavy atom. The normalized spacial score (nSPS) is 28.9.